The highest BCUT2D eigenvalue weighted by Crippen LogP contribution is 2.10. The molecule has 0 aromatic carbocycles. The molecule has 2 heterocycles. The molecule has 0 saturated carbocycles. The lowest BCUT2D eigenvalue weighted by Gasteiger charge is -2.23. The molecule has 4 heteroatoms. The van der Waals surface area contributed by atoms with E-state index in [0.717, 1.165) is 18.9 Å². The quantitative estimate of drug-likeness (QED) is 0.758. The van der Waals surface area contributed by atoms with Gasteiger partial charge in [0.05, 0.1) is 6.54 Å². The zero-order chi connectivity index (χ0) is 10.5. The van der Waals surface area contributed by atoms with E-state index in [4.69, 9.17) is 0 Å². The third-order valence-electron chi connectivity index (χ3n) is 3.05. The third-order valence-corrected chi connectivity index (χ3v) is 3.05. The number of rotatable bonds is 5. The largest absolute Gasteiger partial charge is 0.348 e. The van der Waals surface area contributed by atoms with E-state index >= 15 is 0 Å². The Hall–Kier alpha value is -0.870. The molecule has 0 bridgehead atoms. The molecule has 1 fully saturated rings. The molecule has 1 atom stereocenters. The fourth-order valence-corrected chi connectivity index (χ4v) is 2.11. The van der Waals surface area contributed by atoms with Crippen LogP contribution in [0.3, 0.4) is 0 Å². The van der Waals surface area contributed by atoms with Crippen molar-refractivity contribution in [1.82, 2.24) is 20.2 Å². The van der Waals surface area contributed by atoms with Gasteiger partial charge in [-0.15, -0.1) is 0 Å². The second-order valence-electron chi connectivity index (χ2n) is 4.26. The average molecular weight is 208 g/mol. The Morgan fingerprint density at radius 3 is 3.00 bits per heavy atom. The summed E-state index contributed by atoms with van der Waals surface area (Å²) in [4.78, 5) is 9.82. The summed E-state index contributed by atoms with van der Waals surface area (Å²) in [6, 6.07) is 0.641. The van der Waals surface area contributed by atoms with Crippen LogP contribution in [0.1, 0.15) is 25.6 Å². The van der Waals surface area contributed by atoms with E-state index < -0.39 is 0 Å². The number of imidazole rings is 1. The number of hydrogen-bond acceptors (Lipinski definition) is 3. The molecule has 1 aromatic heterocycles. The fourth-order valence-electron chi connectivity index (χ4n) is 2.11. The lowest BCUT2D eigenvalue weighted by molar-refractivity contribution is 0.251. The lowest BCUT2D eigenvalue weighted by Crippen LogP contribution is -2.38. The number of aromatic nitrogens is 2. The minimum Gasteiger partial charge on any atom is -0.348 e. The molecular weight excluding hydrogens is 188 g/mol. The van der Waals surface area contributed by atoms with Crippen LogP contribution < -0.4 is 5.32 Å². The first-order chi connectivity index (χ1) is 7.36. The van der Waals surface area contributed by atoms with Crippen LogP contribution in [-0.2, 0) is 6.54 Å². The summed E-state index contributed by atoms with van der Waals surface area (Å²) in [5.74, 6) is 1.02. The molecule has 1 aromatic rings. The van der Waals surface area contributed by atoms with Gasteiger partial charge in [-0.05, 0) is 32.9 Å². The van der Waals surface area contributed by atoms with Gasteiger partial charge in [0, 0.05) is 25.0 Å². The molecule has 2 N–H and O–H groups in total. The Labute approximate surface area is 91.1 Å². The Bertz CT molecular complexity index is 264. The van der Waals surface area contributed by atoms with Crippen molar-refractivity contribution in [1.29, 1.82) is 0 Å². The van der Waals surface area contributed by atoms with E-state index in [1.807, 2.05) is 6.20 Å². The van der Waals surface area contributed by atoms with Crippen molar-refractivity contribution < 1.29 is 0 Å². The zero-order valence-electron chi connectivity index (χ0n) is 9.37. The molecule has 0 aliphatic carbocycles. The molecule has 1 aliphatic heterocycles. The van der Waals surface area contributed by atoms with Crippen molar-refractivity contribution in [2.75, 3.05) is 19.6 Å². The normalized spacial score (nSPS) is 19.5. The highest BCUT2D eigenvalue weighted by molar-refractivity contribution is 4.86. The van der Waals surface area contributed by atoms with E-state index in [1.165, 1.54) is 25.9 Å². The van der Waals surface area contributed by atoms with Gasteiger partial charge >= 0.3 is 0 Å². The molecule has 1 unspecified atom stereocenters. The van der Waals surface area contributed by atoms with Crippen LogP contribution in [0.15, 0.2) is 12.4 Å². The minimum absolute atomic E-state index is 0.641. The molecule has 0 amide bonds. The first-order valence-corrected chi connectivity index (χ1v) is 5.79. The van der Waals surface area contributed by atoms with Crippen LogP contribution in [0, 0.1) is 0 Å². The molecule has 2 rings (SSSR count). The molecule has 0 spiro atoms. The monoisotopic (exact) mass is 208 g/mol. The Kier molecular flexibility index (Phi) is 3.75. The van der Waals surface area contributed by atoms with Gasteiger partial charge in [-0.1, -0.05) is 0 Å². The van der Waals surface area contributed by atoms with Crippen molar-refractivity contribution in [3.8, 4) is 0 Å². The van der Waals surface area contributed by atoms with Crippen LogP contribution in [0.5, 0.6) is 0 Å². The molecule has 4 nitrogen and oxygen atoms in total. The zero-order valence-corrected chi connectivity index (χ0v) is 9.37. The molecule has 15 heavy (non-hydrogen) atoms. The van der Waals surface area contributed by atoms with Crippen molar-refractivity contribution in [2.45, 2.75) is 32.4 Å². The smallest absolute Gasteiger partial charge is 0.120 e. The van der Waals surface area contributed by atoms with E-state index in [9.17, 15) is 0 Å². The number of aromatic amines is 1. The molecule has 1 aliphatic rings. The van der Waals surface area contributed by atoms with E-state index in [2.05, 4.69) is 27.1 Å². The predicted octanol–water partition coefficient (Wildman–Crippen LogP) is 0.984. The predicted molar refractivity (Wildman–Crippen MR) is 60.6 cm³/mol. The van der Waals surface area contributed by atoms with Crippen LogP contribution in [-0.4, -0.2) is 40.5 Å². The van der Waals surface area contributed by atoms with Gasteiger partial charge in [-0.2, -0.15) is 0 Å². The van der Waals surface area contributed by atoms with Crippen LogP contribution in [0.4, 0.5) is 0 Å². The van der Waals surface area contributed by atoms with Crippen molar-refractivity contribution >= 4 is 0 Å². The maximum Gasteiger partial charge on any atom is 0.120 e. The highest BCUT2D eigenvalue weighted by atomic mass is 15.2. The molecule has 1 saturated heterocycles. The maximum absolute atomic E-state index is 4.18. The third kappa shape index (κ3) is 3.04. The van der Waals surface area contributed by atoms with Crippen LogP contribution >= 0.6 is 0 Å². The summed E-state index contributed by atoms with van der Waals surface area (Å²) in [7, 11) is 0. The highest BCUT2D eigenvalue weighted by Gasteiger charge is 2.17. The van der Waals surface area contributed by atoms with Crippen molar-refractivity contribution in [2.24, 2.45) is 0 Å². The van der Waals surface area contributed by atoms with Crippen molar-refractivity contribution in [3.63, 3.8) is 0 Å². The number of hydrogen-bond donors (Lipinski definition) is 2. The lowest BCUT2D eigenvalue weighted by atomic mass is 10.3. The van der Waals surface area contributed by atoms with E-state index in [-0.39, 0.29) is 0 Å². The van der Waals surface area contributed by atoms with Crippen LogP contribution in [0.2, 0.25) is 0 Å². The standard InChI is InChI=1S/C11H20N4/c1-10(15-6-2-3-7-15)8-12-9-11-13-4-5-14-11/h4-5,10,12H,2-3,6-9H2,1H3,(H,13,14). The fraction of sp³-hybridized carbons (Fsp3) is 0.727. The van der Waals surface area contributed by atoms with Gasteiger partial charge < -0.3 is 10.3 Å². The minimum atomic E-state index is 0.641. The van der Waals surface area contributed by atoms with Gasteiger partial charge in [0.1, 0.15) is 5.82 Å². The number of nitrogens with zero attached hydrogens (tertiary/aromatic N) is 2. The Balaban J connectivity index is 1.64. The topological polar surface area (TPSA) is 44.0 Å². The second kappa shape index (κ2) is 5.28. The molecular formula is C11H20N4. The van der Waals surface area contributed by atoms with E-state index in [1.54, 1.807) is 6.20 Å². The van der Waals surface area contributed by atoms with E-state index in [0.29, 0.717) is 6.04 Å². The first-order valence-electron chi connectivity index (χ1n) is 5.79. The Morgan fingerprint density at radius 1 is 1.53 bits per heavy atom. The SMILES string of the molecule is CC(CNCc1ncc[nH]1)N1CCCC1. The number of H-pyrrole nitrogens is 1. The molecule has 0 radical (unpaired) electrons. The van der Waals surface area contributed by atoms with Crippen LogP contribution in [0.25, 0.3) is 0 Å². The first kappa shape index (κ1) is 10.6. The maximum atomic E-state index is 4.18. The summed E-state index contributed by atoms with van der Waals surface area (Å²) in [5, 5.41) is 3.43. The Morgan fingerprint density at radius 2 is 2.33 bits per heavy atom. The summed E-state index contributed by atoms with van der Waals surface area (Å²) in [5.41, 5.74) is 0. The van der Waals surface area contributed by atoms with Gasteiger partial charge in [0.2, 0.25) is 0 Å². The average Bonchev–Trinajstić information content (AvgIpc) is 2.90. The number of nitrogens with one attached hydrogen (secondary N) is 2. The van der Waals surface area contributed by atoms with Gasteiger partial charge in [-0.3, -0.25) is 4.90 Å². The summed E-state index contributed by atoms with van der Waals surface area (Å²) >= 11 is 0. The summed E-state index contributed by atoms with van der Waals surface area (Å²) < 4.78 is 0. The van der Waals surface area contributed by atoms with Gasteiger partial charge in [-0.25, -0.2) is 4.98 Å². The molecule has 84 valence electrons. The second-order valence-corrected chi connectivity index (χ2v) is 4.26. The summed E-state index contributed by atoms with van der Waals surface area (Å²) in [6.45, 7) is 6.71. The number of likely N-dealkylation sites (tertiary alicyclic amines) is 1. The van der Waals surface area contributed by atoms with Gasteiger partial charge in [0.15, 0.2) is 0 Å². The van der Waals surface area contributed by atoms with Crippen molar-refractivity contribution in [3.05, 3.63) is 18.2 Å². The van der Waals surface area contributed by atoms with Gasteiger partial charge in [0.25, 0.3) is 0 Å². The summed E-state index contributed by atoms with van der Waals surface area (Å²) in [6.07, 6.45) is 6.38.